The molecule has 0 N–H and O–H groups in total. The Morgan fingerprint density at radius 2 is 1.59 bits per heavy atom. The summed E-state index contributed by atoms with van der Waals surface area (Å²) in [6.07, 6.45) is 7.94. The topological polar surface area (TPSA) is 35.5 Å². The molecule has 0 heterocycles. The molecule has 0 aromatic carbocycles. The van der Waals surface area contributed by atoms with Gasteiger partial charge >= 0.3 is 7.60 Å². The van der Waals surface area contributed by atoms with E-state index in [1.54, 1.807) is 0 Å². The highest BCUT2D eigenvalue weighted by atomic mass is 31.2. The van der Waals surface area contributed by atoms with Gasteiger partial charge in [0.15, 0.2) is 0 Å². The van der Waals surface area contributed by atoms with Crippen LogP contribution in [0.2, 0.25) is 0 Å². The van der Waals surface area contributed by atoms with Crippen molar-refractivity contribution in [2.24, 2.45) is 5.92 Å². The van der Waals surface area contributed by atoms with E-state index < -0.39 is 7.60 Å². The predicted octanol–water partition coefficient (Wildman–Crippen LogP) is 4.39. The lowest BCUT2D eigenvalue weighted by molar-refractivity contribution is 0.141. The lowest BCUT2D eigenvalue weighted by Crippen LogP contribution is -2.11. The first-order valence-corrected chi connectivity index (χ1v) is 8.25. The van der Waals surface area contributed by atoms with E-state index in [9.17, 15) is 4.57 Å². The fraction of sp³-hybridized carbons (Fsp3) is 0.846. The van der Waals surface area contributed by atoms with Crippen molar-refractivity contribution in [2.75, 3.05) is 6.16 Å². The lowest BCUT2D eigenvalue weighted by atomic mass is 10.1. The van der Waals surface area contributed by atoms with Crippen molar-refractivity contribution in [2.45, 2.75) is 59.2 Å². The molecular formula is C13H25O3P. The monoisotopic (exact) mass is 260 g/mol. The SMILES string of the molecule is CC(C)OP(=O)(CCC1CC=CC1)OC(C)C. The molecule has 3 nitrogen and oxygen atoms in total. The Kier molecular flexibility index (Phi) is 5.91. The molecule has 1 aliphatic carbocycles. The van der Waals surface area contributed by atoms with E-state index in [-0.39, 0.29) is 12.2 Å². The van der Waals surface area contributed by atoms with Gasteiger partial charge in [0, 0.05) is 0 Å². The van der Waals surface area contributed by atoms with E-state index in [1.165, 1.54) is 0 Å². The average Bonchev–Trinajstić information content (AvgIpc) is 2.64. The number of rotatable bonds is 7. The van der Waals surface area contributed by atoms with Gasteiger partial charge in [-0.25, -0.2) is 0 Å². The van der Waals surface area contributed by atoms with E-state index in [4.69, 9.17) is 9.05 Å². The second-order valence-electron chi connectivity index (χ2n) is 5.24. The molecule has 0 amide bonds. The third kappa shape index (κ3) is 5.85. The molecule has 0 aromatic heterocycles. The first-order chi connectivity index (χ1) is 7.91. The van der Waals surface area contributed by atoms with Gasteiger partial charge in [-0.05, 0) is 52.9 Å². The van der Waals surface area contributed by atoms with Crippen LogP contribution in [0.15, 0.2) is 12.2 Å². The summed E-state index contributed by atoms with van der Waals surface area (Å²) < 4.78 is 23.6. The molecule has 0 bridgehead atoms. The van der Waals surface area contributed by atoms with Crippen molar-refractivity contribution in [1.82, 2.24) is 0 Å². The Morgan fingerprint density at radius 3 is 2.00 bits per heavy atom. The van der Waals surface area contributed by atoms with Crippen molar-refractivity contribution in [3.8, 4) is 0 Å². The molecule has 100 valence electrons. The number of allylic oxidation sites excluding steroid dienone is 2. The Labute approximate surface area is 105 Å². The van der Waals surface area contributed by atoms with Gasteiger partial charge in [0.05, 0.1) is 18.4 Å². The van der Waals surface area contributed by atoms with Gasteiger partial charge in [-0.3, -0.25) is 4.57 Å². The molecule has 0 atom stereocenters. The van der Waals surface area contributed by atoms with Gasteiger partial charge < -0.3 is 9.05 Å². The third-order valence-corrected chi connectivity index (χ3v) is 4.95. The zero-order valence-corrected chi connectivity index (χ0v) is 12.3. The predicted molar refractivity (Wildman–Crippen MR) is 71.4 cm³/mol. The summed E-state index contributed by atoms with van der Waals surface area (Å²) in [5.74, 6) is 0.620. The van der Waals surface area contributed by atoms with Crippen LogP contribution in [0.5, 0.6) is 0 Å². The van der Waals surface area contributed by atoms with Gasteiger partial charge in [-0.15, -0.1) is 0 Å². The van der Waals surface area contributed by atoms with Crippen LogP contribution in [0.25, 0.3) is 0 Å². The van der Waals surface area contributed by atoms with Gasteiger partial charge in [0.25, 0.3) is 0 Å². The summed E-state index contributed by atoms with van der Waals surface area (Å²) in [4.78, 5) is 0. The molecule has 0 unspecified atom stereocenters. The van der Waals surface area contributed by atoms with Gasteiger partial charge in [0.1, 0.15) is 0 Å². The van der Waals surface area contributed by atoms with E-state index in [2.05, 4.69) is 12.2 Å². The lowest BCUT2D eigenvalue weighted by Gasteiger charge is -2.23. The standard InChI is InChI=1S/C13H25O3P/c1-11(2)15-17(14,16-12(3)4)10-9-13-7-5-6-8-13/h5-6,11-13H,7-10H2,1-4H3. The van der Waals surface area contributed by atoms with Gasteiger partial charge in [-0.1, -0.05) is 12.2 Å². The zero-order valence-electron chi connectivity index (χ0n) is 11.4. The molecule has 0 saturated heterocycles. The van der Waals surface area contributed by atoms with Crippen LogP contribution in [0.1, 0.15) is 47.0 Å². The van der Waals surface area contributed by atoms with Crippen molar-refractivity contribution in [3.05, 3.63) is 12.2 Å². The Hall–Kier alpha value is -0.110. The maximum atomic E-state index is 12.5. The minimum absolute atomic E-state index is 0.0544. The molecule has 0 aromatic rings. The fourth-order valence-corrected chi connectivity index (χ4v) is 4.25. The molecule has 0 spiro atoms. The summed E-state index contributed by atoms with van der Waals surface area (Å²) in [6.45, 7) is 7.59. The summed E-state index contributed by atoms with van der Waals surface area (Å²) in [5, 5.41) is 0. The summed E-state index contributed by atoms with van der Waals surface area (Å²) >= 11 is 0. The minimum atomic E-state index is -2.91. The smallest absolute Gasteiger partial charge is 0.306 e. The number of hydrogen-bond acceptors (Lipinski definition) is 3. The van der Waals surface area contributed by atoms with Crippen LogP contribution in [0.4, 0.5) is 0 Å². The van der Waals surface area contributed by atoms with Gasteiger partial charge in [-0.2, -0.15) is 0 Å². The largest absolute Gasteiger partial charge is 0.331 e. The molecule has 1 rings (SSSR count). The van der Waals surface area contributed by atoms with Crippen LogP contribution >= 0.6 is 7.60 Å². The van der Waals surface area contributed by atoms with Crippen molar-refractivity contribution >= 4 is 7.60 Å². The molecular weight excluding hydrogens is 235 g/mol. The maximum absolute atomic E-state index is 12.5. The molecule has 4 heteroatoms. The highest BCUT2D eigenvalue weighted by Gasteiger charge is 2.28. The maximum Gasteiger partial charge on any atom is 0.331 e. The van der Waals surface area contributed by atoms with Crippen LogP contribution in [0, 0.1) is 5.92 Å². The van der Waals surface area contributed by atoms with Crippen LogP contribution in [-0.4, -0.2) is 18.4 Å². The molecule has 0 saturated carbocycles. The van der Waals surface area contributed by atoms with Crippen LogP contribution in [0.3, 0.4) is 0 Å². The van der Waals surface area contributed by atoms with Crippen molar-refractivity contribution in [1.29, 1.82) is 0 Å². The molecule has 0 aliphatic heterocycles. The Bertz CT molecular complexity index is 275. The summed E-state index contributed by atoms with van der Waals surface area (Å²) in [6, 6.07) is 0. The third-order valence-electron chi connectivity index (χ3n) is 2.66. The summed E-state index contributed by atoms with van der Waals surface area (Å²) in [5.41, 5.74) is 0. The number of hydrogen-bond donors (Lipinski definition) is 0. The van der Waals surface area contributed by atoms with Crippen LogP contribution < -0.4 is 0 Å². The minimum Gasteiger partial charge on any atom is -0.306 e. The second-order valence-corrected chi connectivity index (χ2v) is 7.33. The van der Waals surface area contributed by atoms with E-state index in [0.717, 1.165) is 19.3 Å². The zero-order chi connectivity index (χ0) is 12.9. The first kappa shape index (κ1) is 14.9. The average molecular weight is 260 g/mol. The molecule has 0 radical (unpaired) electrons. The highest BCUT2D eigenvalue weighted by Crippen LogP contribution is 2.51. The quantitative estimate of drug-likeness (QED) is 0.503. The molecule has 0 fully saturated rings. The fourth-order valence-electron chi connectivity index (χ4n) is 2.02. The van der Waals surface area contributed by atoms with Crippen molar-refractivity contribution < 1.29 is 13.6 Å². The van der Waals surface area contributed by atoms with E-state index >= 15 is 0 Å². The molecule has 17 heavy (non-hydrogen) atoms. The Morgan fingerprint density at radius 1 is 1.12 bits per heavy atom. The normalized spacial score (nSPS) is 17.5. The molecule has 1 aliphatic rings. The summed E-state index contributed by atoms with van der Waals surface area (Å²) in [7, 11) is -2.91. The highest BCUT2D eigenvalue weighted by molar-refractivity contribution is 7.53. The van der Waals surface area contributed by atoms with E-state index in [1.807, 2.05) is 27.7 Å². The first-order valence-electron chi connectivity index (χ1n) is 6.52. The van der Waals surface area contributed by atoms with E-state index in [0.29, 0.717) is 12.1 Å². The van der Waals surface area contributed by atoms with Gasteiger partial charge in [0.2, 0.25) is 0 Å². The second kappa shape index (κ2) is 6.72. The van der Waals surface area contributed by atoms with Crippen LogP contribution in [-0.2, 0) is 13.6 Å². The Balaban J connectivity index is 2.47. The van der Waals surface area contributed by atoms with Crippen molar-refractivity contribution in [3.63, 3.8) is 0 Å².